The minimum Gasteiger partial charge on any atom is -0.497 e. The van der Waals surface area contributed by atoms with Gasteiger partial charge >= 0.3 is 6.09 Å². The van der Waals surface area contributed by atoms with Crippen molar-refractivity contribution in [2.45, 2.75) is 44.6 Å². The number of carbonyl (C=O) groups excluding carboxylic acids is 1. The number of aromatic nitrogens is 2. The average Bonchev–Trinajstić information content (AvgIpc) is 3.29. The van der Waals surface area contributed by atoms with E-state index in [2.05, 4.69) is 42.3 Å². The van der Waals surface area contributed by atoms with Gasteiger partial charge in [-0.05, 0) is 79.3 Å². The van der Waals surface area contributed by atoms with Crippen molar-refractivity contribution in [1.29, 1.82) is 0 Å². The molecule has 2 aromatic carbocycles. The van der Waals surface area contributed by atoms with Gasteiger partial charge < -0.3 is 9.47 Å². The number of fused-ring (bicyclic) bond motifs is 3. The summed E-state index contributed by atoms with van der Waals surface area (Å²) in [6, 6.07) is 18.5. The molecule has 3 fully saturated rings. The summed E-state index contributed by atoms with van der Waals surface area (Å²) in [5.74, 6) is 2.31. The molecule has 0 radical (unpaired) electrons. The third-order valence-electron chi connectivity index (χ3n) is 7.79. The van der Waals surface area contributed by atoms with Crippen LogP contribution >= 0.6 is 0 Å². The van der Waals surface area contributed by atoms with Crippen LogP contribution < -0.4 is 10.1 Å². The van der Waals surface area contributed by atoms with E-state index in [0.29, 0.717) is 24.4 Å². The van der Waals surface area contributed by atoms with E-state index in [-0.39, 0.29) is 12.1 Å². The first-order valence-corrected chi connectivity index (χ1v) is 12.9. The quantitative estimate of drug-likeness (QED) is 0.466. The second kappa shape index (κ2) is 10.3. The molecular weight excluding hydrogens is 452 g/mol. The van der Waals surface area contributed by atoms with Crippen molar-refractivity contribution in [3.63, 3.8) is 0 Å². The average molecular weight is 489 g/mol. The minimum absolute atomic E-state index is 0.267. The topological polar surface area (TPSA) is 68.6 Å². The van der Waals surface area contributed by atoms with Gasteiger partial charge in [-0.3, -0.25) is 14.9 Å². The van der Waals surface area contributed by atoms with Crippen molar-refractivity contribution in [2.75, 3.05) is 32.1 Å². The van der Waals surface area contributed by atoms with Crippen LogP contribution in [0.1, 0.15) is 49.8 Å². The van der Waals surface area contributed by atoms with Crippen molar-refractivity contribution in [2.24, 2.45) is 13.0 Å². The number of nitrogens with one attached hydrogen (secondary N) is 1. The molecular formula is C29H36N4O3. The largest absolute Gasteiger partial charge is 0.497 e. The number of rotatable bonds is 7. The summed E-state index contributed by atoms with van der Waals surface area (Å²) in [5, 5.41) is 7.67. The van der Waals surface area contributed by atoms with Crippen LogP contribution in [-0.2, 0) is 11.8 Å². The normalized spacial score (nSPS) is 23.0. The minimum atomic E-state index is -0.387. The van der Waals surface area contributed by atoms with Gasteiger partial charge in [-0.15, -0.1) is 0 Å². The lowest BCUT2D eigenvalue weighted by Gasteiger charge is -2.49. The Bertz CT molecular complexity index is 1190. The smallest absolute Gasteiger partial charge is 0.411 e. The third-order valence-corrected chi connectivity index (χ3v) is 7.79. The van der Waals surface area contributed by atoms with Gasteiger partial charge in [0.05, 0.1) is 12.8 Å². The van der Waals surface area contributed by atoms with Gasteiger partial charge in [0.25, 0.3) is 0 Å². The Hall–Kier alpha value is -3.32. The molecule has 0 aliphatic carbocycles. The number of anilines is 1. The van der Waals surface area contributed by atoms with Gasteiger partial charge in [-0.2, -0.15) is 5.10 Å². The summed E-state index contributed by atoms with van der Waals surface area (Å²) >= 11 is 0. The van der Waals surface area contributed by atoms with Gasteiger partial charge in [0.2, 0.25) is 0 Å². The number of hydrogen-bond acceptors (Lipinski definition) is 5. The SMILES string of the molecule is COc1ccc(-c2cc(C3CN4CCC3CC4COC(=O)Nc3ccc(C(C)C)cc3)n(C)n2)cc1. The maximum Gasteiger partial charge on any atom is 0.411 e. The summed E-state index contributed by atoms with van der Waals surface area (Å²) in [6.07, 6.45) is 1.81. The van der Waals surface area contributed by atoms with Crippen molar-refractivity contribution in [3.05, 3.63) is 65.9 Å². The third kappa shape index (κ3) is 5.12. The highest BCUT2D eigenvalue weighted by atomic mass is 16.5. The zero-order chi connectivity index (χ0) is 25.2. The summed E-state index contributed by atoms with van der Waals surface area (Å²) in [5.41, 5.74) is 5.37. The first kappa shape index (κ1) is 24.4. The van der Waals surface area contributed by atoms with E-state index in [1.807, 2.05) is 48.1 Å². The van der Waals surface area contributed by atoms with Crippen molar-refractivity contribution >= 4 is 11.8 Å². The van der Waals surface area contributed by atoms with Crippen LogP contribution in [-0.4, -0.2) is 53.6 Å². The number of ether oxygens (including phenoxy) is 2. The number of hydrogen-bond donors (Lipinski definition) is 1. The molecule has 1 amide bonds. The summed E-state index contributed by atoms with van der Waals surface area (Å²) < 4.78 is 13.0. The van der Waals surface area contributed by atoms with Gasteiger partial charge in [0.15, 0.2) is 0 Å². The Balaban J connectivity index is 1.18. The van der Waals surface area contributed by atoms with Crippen LogP contribution in [0.5, 0.6) is 5.75 Å². The Morgan fingerprint density at radius 3 is 2.53 bits per heavy atom. The van der Waals surface area contributed by atoms with Crippen LogP contribution in [0, 0.1) is 5.92 Å². The fourth-order valence-corrected chi connectivity index (χ4v) is 5.66. The molecule has 3 aromatic rings. The monoisotopic (exact) mass is 488 g/mol. The molecule has 0 saturated carbocycles. The molecule has 36 heavy (non-hydrogen) atoms. The van der Waals surface area contributed by atoms with Crippen LogP contribution in [0.3, 0.4) is 0 Å². The Labute approximate surface area is 213 Å². The molecule has 3 saturated heterocycles. The molecule has 4 atom stereocenters. The Kier molecular flexibility index (Phi) is 7.01. The van der Waals surface area contributed by atoms with E-state index in [0.717, 1.165) is 42.2 Å². The molecule has 1 aromatic heterocycles. The predicted octanol–water partition coefficient (Wildman–Crippen LogP) is 5.65. The predicted molar refractivity (Wildman–Crippen MR) is 142 cm³/mol. The summed E-state index contributed by atoms with van der Waals surface area (Å²) in [6.45, 7) is 6.75. The molecule has 1 N–H and O–H groups in total. The number of methoxy groups -OCH3 is 1. The highest BCUT2D eigenvalue weighted by Gasteiger charge is 2.42. The summed E-state index contributed by atoms with van der Waals surface area (Å²) in [4.78, 5) is 14.9. The highest BCUT2D eigenvalue weighted by Crippen LogP contribution is 2.42. The summed E-state index contributed by atoms with van der Waals surface area (Å²) in [7, 11) is 3.72. The zero-order valence-electron chi connectivity index (χ0n) is 21.6. The van der Waals surface area contributed by atoms with Gasteiger partial charge in [-0.25, -0.2) is 4.79 Å². The van der Waals surface area contributed by atoms with Crippen LogP contribution in [0.2, 0.25) is 0 Å². The number of carbonyl (C=O) groups is 1. The fraction of sp³-hybridized carbons (Fsp3) is 0.448. The molecule has 3 aliphatic heterocycles. The number of nitrogens with zero attached hydrogens (tertiary/aromatic N) is 3. The van der Waals surface area contributed by atoms with Gasteiger partial charge in [0, 0.05) is 42.5 Å². The zero-order valence-corrected chi connectivity index (χ0v) is 21.6. The van der Waals surface area contributed by atoms with Crippen LogP contribution in [0.25, 0.3) is 11.3 Å². The van der Waals surface area contributed by atoms with E-state index in [4.69, 9.17) is 14.6 Å². The first-order valence-electron chi connectivity index (χ1n) is 12.9. The second-order valence-corrected chi connectivity index (χ2v) is 10.3. The molecule has 7 heteroatoms. The maximum absolute atomic E-state index is 12.4. The Morgan fingerprint density at radius 2 is 1.89 bits per heavy atom. The molecule has 3 aliphatic rings. The van der Waals surface area contributed by atoms with Crippen LogP contribution in [0.15, 0.2) is 54.6 Å². The van der Waals surface area contributed by atoms with Gasteiger partial charge in [0.1, 0.15) is 12.4 Å². The molecule has 7 nitrogen and oxygen atoms in total. The number of benzene rings is 2. The number of amides is 1. The first-order chi connectivity index (χ1) is 17.4. The van der Waals surface area contributed by atoms with Gasteiger partial charge in [-0.1, -0.05) is 26.0 Å². The molecule has 6 rings (SSSR count). The van der Waals surface area contributed by atoms with Crippen LogP contribution in [0.4, 0.5) is 10.5 Å². The molecule has 2 bridgehead atoms. The van der Waals surface area contributed by atoms with E-state index >= 15 is 0 Å². The lowest BCUT2D eigenvalue weighted by atomic mass is 9.74. The molecule has 4 heterocycles. The Morgan fingerprint density at radius 1 is 1.14 bits per heavy atom. The van der Waals surface area contributed by atoms with E-state index in [1.165, 1.54) is 17.7 Å². The molecule has 190 valence electrons. The molecule has 4 unspecified atom stereocenters. The van der Waals surface area contributed by atoms with Crippen molar-refractivity contribution < 1.29 is 14.3 Å². The van der Waals surface area contributed by atoms with E-state index < -0.39 is 0 Å². The lowest BCUT2D eigenvalue weighted by Crippen LogP contribution is -2.54. The second-order valence-electron chi connectivity index (χ2n) is 10.3. The van der Waals surface area contributed by atoms with Crippen molar-refractivity contribution in [3.8, 4) is 17.0 Å². The fourth-order valence-electron chi connectivity index (χ4n) is 5.66. The molecule has 0 spiro atoms. The van der Waals surface area contributed by atoms with Crippen molar-refractivity contribution in [1.82, 2.24) is 14.7 Å². The highest BCUT2D eigenvalue weighted by molar-refractivity contribution is 5.84. The standard InChI is InChI=1S/C29H36N4O3/c1-19(2)20-5-9-23(10-6-20)30-29(34)36-18-24-15-22-13-14-33(24)17-26(22)28-16-27(31-32(28)3)21-7-11-25(35-4)12-8-21/h5-12,16,19,22,24,26H,13-15,17-18H2,1-4H3,(H,30,34). The van der Waals surface area contributed by atoms with E-state index in [1.54, 1.807) is 7.11 Å². The lowest BCUT2D eigenvalue weighted by molar-refractivity contribution is -0.00222. The number of piperidine rings is 3. The number of aryl methyl sites for hydroxylation is 1. The van der Waals surface area contributed by atoms with E-state index in [9.17, 15) is 4.79 Å². The maximum atomic E-state index is 12.4.